The van der Waals surface area contributed by atoms with E-state index in [2.05, 4.69) is 210 Å². The van der Waals surface area contributed by atoms with Gasteiger partial charge < -0.3 is 18.3 Å². The highest BCUT2D eigenvalue weighted by Gasteiger charge is 2.33. The van der Waals surface area contributed by atoms with Crippen molar-refractivity contribution in [1.82, 2.24) is 18.3 Å². The van der Waals surface area contributed by atoms with Crippen molar-refractivity contribution in [2.45, 2.75) is 6.54 Å². The fourth-order valence-electron chi connectivity index (χ4n) is 10.6. The quantitative estimate of drug-likeness (QED) is 0.155. The maximum Gasteiger partial charge on any atom is 0.224 e. The zero-order valence-electron chi connectivity index (χ0n) is 33.9. The van der Waals surface area contributed by atoms with E-state index >= 15 is 0 Å². The molecule has 9 aromatic carbocycles. The number of fused-ring (bicyclic) bond motifs is 12. The summed E-state index contributed by atoms with van der Waals surface area (Å²) in [6, 6.07) is 67.9. The molecule has 0 atom stereocenters. The lowest BCUT2D eigenvalue weighted by molar-refractivity contribution is 0.850. The molecule has 13 aromatic rings. The van der Waals surface area contributed by atoms with Gasteiger partial charge in [0.05, 0.1) is 63.3 Å². The van der Waals surface area contributed by atoms with E-state index in [0.717, 1.165) is 104 Å². The van der Waals surface area contributed by atoms with Crippen LogP contribution in [0, 0.1) is 13.1 Å². The molecule has 0 aliphatic rings. The van der Waals surface area contributed by atoms with Crippen LogP contribution < -0.4 is 0 Å². The molecule has 0 aliphatic heterocycles. The Labute approximate surface area is 361 Å². The van der Waals surface area contributed by atoms with Gasteiger partial charge in [0, 0.05) is 60.7 Å². The second-order valence-corrected chi connectivity index (χ2v) is 16.2. The van der Waals surface area contributed by atoms with Crippen LogP contribution in [0.25, 0.3) is 114 Å². The molecule has 0 bridgehead atoms. The minimum atomic E-state index is 0.374. The molecular weight excluding hydrogens is 769 g/mol. The first-order valence-electron chi connectivity index (χ1n) is 21.1. The van der Waals surface area contributed by atoms with Crippen LogP contribution in [0.4, 0.5) is 11.4 Å². The second-order valence-electron chi connectivity index (χ2n) is 16.2. The van der Waals surface area contributed by atoms with E-state index < -0.39 is 0 Å². The predicted molar refractivity (Wildman–Crippen MR) is 261 cm³/mol. The normalized spacial score (nSPS) is 11.8. The van der Waals surface area contributed by atoms with Gasteiger partial charge in [-0.25, -0.2) is 9.69 Å². The van der Waals surface area contributed by atoms with Gasteiger partial charge in [-0.15, -0.1) is 0 Å². The first kappa shape index (κ1) is 35.0. The van der Waals surface area contributed by atoms with Crippen molar-refractivity contribution in [1.29, 1.82) is 0 Å². The van der Waals surface area contributed by atoms with Crippen molar-refractivity contribution in [3.63, 3.8) is 0 Å². The third-order valence-corrected chi connectivity index (χ3v) is 13.1. The molecule has 0 saturated heterocycles. The van der Waals surface area contributed by atoms with Crippen molar-refractivity contribution < 1.29 is 0 Å². The van der Waals surface area contributed by atoms with Crippen LogP contribution >= 0.6 is 0 Å². The van der Waals surface area contributed by atoms with E-state index in [1.807, 2.05) is 12.1 Å². The van der Waals surface area contributed by atoms with Crippen LogP contribution in [0.5, 0.6) is 0 Å². The molecule has 4 heterocycles. The Hall–Kier alpha value is -8.84. The molecule has 6 heteroatoms. The molecule has 63 heavy (non-hydrogen) atoms. The number of nitrogens with zero attached hydrogens (tertiary/aromatic N) is 6. The highest BCUT2D eigenvalue weighted by Crippen LogP contribution is 2.52. The SMILES string of the molecule is [C-]#[N+]c1c(-n2c3ccccc3c3ccccc32)c(Cn2c3ccccc3c3ccccc32)c(-n2c3ccccc3c3ccccc32)c([N+]#[C-])c1-n1c2ccccc2c2ccccc21. The van der Waals surface area contributed by atoms with E-state index in [0.29, 0.717) is 23.6 Å². The number of hydrogen-bond acceptors (Lipinski definition) is 0. The van der Waals surface area contributed by atoms with Gasteiger partial charge in [0.15, 0.2) is 0 Å². The Morgan fingerprint density at radius 3 is 0.778 bits per heavy atom. The third kappa shape index (κ3) is 4.75. The lowest BCUT2D eigenvalue weighted by atomic mass is 10.0. The van der Waals surface area contributed by atoms with Crippen LogP contribution in [0.3, 0.4) is 0 Å². The molecule has 0 spiro atoms. The summed E-state index contributed by atoms with van der Waals surface area (Å²) >= 11 is 0. The van der Waals surface area contributed by atoms with Crippen molar-refractivity contribution in [3.05, 3.63) is 223 Å². The number of benzene rings is 9. The van der Waals surface area contributed by atoms with Gasteiger partial charge in [-0.05, 0) is 54.1 Å². The van der Waals surface area contributed by atoms with Gasteiger partial charge in [-0.1, -0.05) is 146 Å². The van der Waals surface area contributed by atoms with Crippen molar-refractivity contribution in [3.8, 4) is 17.1 Å². The van der Waals surface area contributed by atoms with Crippen molar-refractivity contribution >= 4 is 98.6 Å². The molecule has 0 saturated carbocycles. The Morgan fingerprint density at radius 2 is 0.508 bits per heavy atom. The standard InChI is InChI=1S/C57H34N6/c1-58-53-55(61-47-29-13-5-21-38(47)39-22-6-14-30-48(39)61)44(35-60-45-27-11-3-19-36(45)37-20-4-12-28-46(37)60)56(62-49-31-15-7-23-40(49)41-24-8-16-32-50(41)62)54(59-2)57(53)63-51-33-17-9-25-42(51)43-26-10-18-34-52(43)63/h3-34H,35H2. The van der Waals surface area contributed by atoms with Gasteiger partial charge in [-0.3, -0.25) is 0 Å². The summed E-state index contributed by atoms with van der Waals surface area (Å²) in [5.74, 6) is 0. The van der Waals surface area contributed by atoms with E-state index in [1.165, 1.54) is 0 Å². The molecule has 0 N–H and O–H groups in total. The molecule has 0 aliphatic carbocycles. The average Bonchev–Trinajstić information content (AvgIpc) is 4.06. The third-order valence-electron chi connectivity index (χ3n) is 13.1. The molecule has 6 nitrogen and oxygen atoms in total. The Morgan fingerprint density at radius 1 is 0.286 bits per heavy atom. The van der Waals surface area contributed by atoms with E-state index in [1.54, 1.807) is 0 Å². The Bertz CT molecular complexity index is 3790. The number of para-hydroxylation sites is 8. The average molecular weight is 803 g/mol. The summed E-state index contributed by atoms with van der Waals surface area (Å²) in [5.41, 5.74) is 11.8. The molecule has 292 valence electrons. The molecule has 13 rings (SSSR count). The van der Waals surface area contributed by atoms with Crippen LogP contribution in [0.15, 0.2) is 194 Å². The number of rotatable bonds is 5. The van der Waals surface area contributed by atoms with Crippen LogP contribution in [-0.4, -0.2) is 18.3 Å². The summed E-state index contributed by atoms with van der Waals surface area (Å²) < 4.78 is 9.19. The molecule has 0 amide bonds. The van der Waals surface area contributed by atoms with E-state index in [4.69, 9.17) is 0 Å². The zero-order valence-corrected chi connectivity index (χ0v) is 33.9. The summed E-state index contributed by atoms with van der Waals surface area (Å²) in [7, 11) is 0. The van der Waals surface area contributed by atoms with Gasteiger partial charge in [0.1, 0.15) is 0 Å². The summed E-state index contributed by atoms with van der Waals surface area (Å²) in [6.07, 6.45) is 0. The van der Waals surface area contributed by atoms with Crippen LogP contribution in [0.1, 0.15) is 5.56 Å². The smallest absolute Gasteiger partial charge is 0.224 e. The highest BCUT2D eigenvalue weighted by atomic mass is 15.1. The number of hydrogen-bond donors (Lipinski definition) is 0. The maximum absolute atomic E-state index is 9.43. The van der Waals surface area contributed by atoms with Gasteiger partial charge in [0.2, 0.25) is 11.4 Å². The summed E-state index contributed by atoms with van der Waals surface area (Å²) in [4.78, 5) is 9.25. The number of aromatic nitrogens is 4. The molecule has 0 fully saturated rings. The molecular formula is C57H34N6. The van der Waals surface area contributed by atoms with Gasteiger partial charge in [-0.2, -0.15) is 0 Å². The fourth-order valence-corrected chi connectivity index (χ4v) is 10.6. The van der Waals surface area contributed by atoms with Crippen LogP contribution in [-0.2, 0) is 6.54 Å². The summed E-state index contributed by atoms with van der Waals surface area (Å²) in [6.45, 7) is 19.2. The highest BCUT2D eigenvalue weighted by molar-refractivity contribution is 6.15. The second kappa shape index (κ2) is 13.3. The fraction of sp³-hybridized carbons (Fsp3) is 0.0175. The topological polar surface area (TPSA) is 28.4 Å². The Balaban J connectivity index is 1.33. The van der Waals surface area contributed by atoms with E-state index in [9.17, 15) is 13.1 Å². The monoisotopic (exact) mass is 802 g/mol. The zero-order chi connectivity index (χ0) is 41.8. The molecule has 0 radical (unpaired) electrons. The first-order valence-corrected chi connectivity index (χ1v) is 21.1. The van der Waals surface area contributed by atoms with Gasteiger partial charge >= 0.3 is 0 Å². The van der Waals surface area contributed by atoms with Gasteiger partial charge in [0.25, 0.3) is 0 Å². The molecule has 4 aromatic heterocycles. The predicted octanol–water partition coefficient (Wildman–Crippen LogP) is 15.2. The largest absolute Gasteiger partial charge is 0.336 e. The first-order chi connectivity index (χ1) is 31.2. The van der Waals surface area contributed by atoms with Crippen molar-refractivity contribution in [2.75, 3.05) is 0 Å². The Kier molecular flexibility index (Phi) is 7.40. The minimum Gasteiger partial charge on any atom is -0.336 e. The van der Waals surface area contributed by atoms with Crippen LogP contribution in [0.2, 0.25) is 0 Å². The van der Waals surface area contributed by atoms with E-state index in [-0.39, 0.29) is 0 Å². The maximum atomic E-state index is 9.43. The minimum absolute atomic E-state index is 0.374. The molecule has 0 unspecified atom stereocenters. The van der Waals surface area contributed by atoms with Crippen molar-refractivity contribution in [2.24, 2.45) is 0 Å². The lowest BCUT2D eigenvalue weighted by Gasteiger charge is -2.27. The summed E-state index contributed by atoms with van der Waals surface area (Å²) in [5, 5.41) is 8.81. The lowest BCUT2D eigenvalue weighted by Crippen LogP contribution is -2.13.